The van der Waals surface area contributed by atoms with E-state index in [1.807, 2.05) is 19.2 Å². The van der Waals surface area contributed by atoms with Gasteiger partial charge in [0.15, 0.2) is 0 Å². The van der Waals surface area contributed by atoms with E-state index < -0.39 is 0 Å². The number of nitrogens with zero attached hydrogens (tertiary/aromatic N) is 2. The van der Waals surface area contributed by atoms with Crippen LogP contribution in [0.2, 0.25) is 10.0 Å². The summed E-state index contributed by atoms with van der Waals surface area (Å²) in [5.74, 6) is 0.859. The van der Waals surface area contributed by atoms with Gasteiger partial charge in [-0.3, -0.25) is 0 Å². The summed E-state index contributed by atoms with van der Waals surface area (Å²) in [6.45, 7) is 2.13. The van der Waals surface area contributed by atoms with Crippen LogP contribution in [0.4, 0.5) is 5.82 Å². The lowest BCUT2D eigenvalue weighted by Crippen LogP contribution is -2.03. The maximum atomic E-state index is 6.08. The van der Waals surface area contributed by atoms with Gasteiger partial charge in [0.2, 0.25) is 0 Å². The largest absolute Gasteiger partial charge is 0.373 e. The van der Waals surface area contributed by atoms with Gasteiger partial charge in [0, 0.05) is 18.2 Å². The summed E-state index contributed by atoms with van der Waals surface area (Å²) >= 11 is 12.0. The number of aromatic nitrogens is 2. The van der Waals surface area contributed by atoms with Crippen molar-refractivity contribution in [1.82, 2.24) is 9.97 Å². The van der Waals surface area contributed by atoms with Crippen molar-refractivity contribution in [2.24, 2.45) is 0 Å². The number of hydrogen-bond acceptors (Lipinski definition) is 3. The molecular weight excluding hydrogens is 281 g/mol. The van der Waals surface area contributed by atoms with Gasteiger partial charge in [-0.25, -0.2) is 9.97 Å². The standard InChI is InChI=1S/C14H15Cl2N3/c1-3-4-10-13(18-8-19-14(10)17-2)9-5-6-11(15)12(16)7-9/h5-8H,3-4H2,1-2H3,(H,17,18,19). The van der Waals surface area contributed by atoms with Gasteiger partial charge in [-0.1, -0.05) is 42.6 Å². The Morgan fingerprint density at radius 1 is 1.16 bits per heavy atom. The van der Waals surface area contributed by atoms with E-state index >= 15 is 0 Å². The van der Waals surface area contributed by atoms with Gasteiger partial charge >= 0.3 is 0 Å². The van der Waals surface area contributed by atoms with Crippen molar-refractivity contribution in [3.63, 3.8) is 0 Å². The van der Waals surface area contributed by atoms with E-state index in [4.69, 9.17) is 23.2 Å². The van der Waals surface area contributed by atoms with Crippen molar-refractivity contribution < 1.29 is 0 Å². The molecule has 0 atom stereocenters. The smallest absolute Gasteiger partial charge is 0.132 e. The molecule has 0 radical (unpaired) electrons. The molecule has 100 valence electrons. The topological polar surface area (TPSA) is 37.8 Å². The number of hydrogen-bond donors (Lipinski definition) is 1. The minimum atomic E-state index is 0.534. The van der Waals surface area contributed by atoms with Gasteiger partial charge in [0.25, 0.3) is 0 Å². The Morgan fingerprint density at radius 3 is 2.58 bits per heavy atom. The maximum Gasteiger partial charge on any atom is 0.132 e. The van der Waals surface area contributed by atoms with Crippen LogP contribution in [0.5, 0.6) is 0 Å². The minimum absolute atomic E-state index is 0.534. The Morgan fingerprint density at radius 2 is 1.95 bits per heavy atom. The predicted octanol–water partition coefficient (Wildman–Crippen LogP) is 4.44. The third-order valence-corrected chi connectivity index (χ3v) is 3.61. The molecule has 3 nitrogen and oxygen atoms in total. The lowest BCUT2D eigenvalue weighted by atomic mass is 10.0. The molecule has 2 aromatic rings. The second-order valence-electron chi connectivity index (χ2n) is 4.18. The van der Waals surface area contributed by atoms with E-state index in [2.05, 4.69) is 22.2 Å². The lowest BCUT2D eigenvalue weighted by Gasteiger charge is -2.12. The Bertz CT molecular complexity index is 585. The molecule has 0 unspecified atom stereocenters. The fraction of sp³-hybridized carbons (Fsp3) is 0.286. The molecule has 1 aromatic heterocycles. The highest BCUT2D eigenvalue weighted by atomic mass is 35.5. The average Bonchev–Trinajstić information content (AvgIpc) is 2.42. The second-order valence-corrected chi connectivity index (χ2v) is 4.99. The minimum Gasteiger partial charge on any atom is -0.373 e. The molecule has 0 amide bonds. The highest BCUT2D eigenvalue weighted by Gasteiger charge is 2.12. The van der Waals surface area contributed by atoms with Crippen molar-refractivity contribution in [2.45, 2.75) is 19.8 Å². The molecular formula is C14H15Cl2N3. The van der Waals surface area contributed by atoms with E-state index in [9.17, 15) is 0 Å². The molecule has 0 aliphatic heterocycles. The zero-order chi connectivity index (χ0) is 13.8. The van der Waals surface area contributed by atoms with Gasteiger partial charge in [0.05, 0.1) is 15.7 Å². The van der Waals surface area contributed by atoms with Gasteiger partial charge in [-0.2, -0.15) is 0 Å². The molecule has 5 heteroatoms. The molecule has 2 rings (SSSR count). The molecule has 0 bridgehead atoms. The Balaban J connectivity index is 2.57. The fourth-order valence-corrected chi connectivity index (χ4v) is 2.30. The van der Waals surface area contributed by atoms with Crippen LogP contribution in [0.25, 0.3) is 11.3 Å². The molecule has 0 spiro atoms. The summed E-state index contributed by atoms with van der Waals surface area (Å²) in [6, 6.07) is 5.55. The van der Waals surface area contributed by atoms with Crippen LogP contribution < -0.4 is 5.32 Å². The first kappa shape index (κ1) is 14.1. The SMILES string of the molecule is CCCc1c(NC)ncnc1-c1ccc(Cl)c(Cl)c1. The Labute approximate surface area is 123 Å². The van der Waals surface area contributed by atoms with Crippen LogP contribution in [0, 0.1) is 0 Å². The first-order chi connectivity index (χ1) is 9.17. The summed E-state index contributed by atoms with van der Waals surface area (Å²) in [5.41, 5.74) is 2.96. The number of benzene rings is 1. The number of nitrogens with one attached hydrogen (secondary N) is 1. The van der Waals surface area contributed by atoms with Crippen molar-refractivity contribution >= 4 is 29.0 Å². The molecule has 0 fully saturated rings. The van der Waals surface area contributed by atoms with Gasteiger partial charge in [-0.15, -0.1) is 0 Å². The van der Waals surface area contributed by atoms with E-state index in [0.717, 1.165) is 35.5 Å². The predicted molar refractivity (Wildman–Crippen MR) is 81.0 cm³/mol. The highest BCUT2D eigenvalue weighted by molar-refractivity contribution is 6.42. The van der Waals surface area contributed by atoms with Crippen molar-refractivity contribution in [2.75, 3.05) is 12.4 Å². The first-order valence-corrected chi connectivity index (χ1v) is 6.90. The average molecular weight is 296 g/mol. The van der Waals surface area contributed by atoms with E-state index in [0.29, 0.717) is 10.0 Å². The van der Waals surface area contributed by atoms with E-state index in [-0.39, 0.29) is 0 Å². The summed E-state index contributed by atoms with van der Waals surface area (Å²) in [6.07, 6.45) is 3.49. The Kier molecular flexibility index (Phi) is 4.61. The summed E-state index contributed by atoms with van der Waals surface area (Å²) in [7, 11) is 1.86. The van der Waals surface area contributed by atoms with Crippen LogP contribution in [0.15, 0.2) is 24.5 Å². The molecule has 1 aromatic carbocycles. The summed E-state index contributed by atoms with van der Waals surface area (Å²) < 4.78 is 0. The number of anilines is 1. The zero-order valence-electron chi connectivity index (χ0n) is 10.9. The van der Waals surface area contributed by atoms with Crippen LogP contribution >= 0.6 is 23.2 Å². The third-order valence-electron chi connectivity index (χ3n) is 2.88. The van der Waals surface area contributed by atoms with Crippen LogP contribution in [0.3, 0.4) is 0 Å². The number of rotatable bonds is 4. The molecule has 0 aliphatic carbocycles. The van der Waals surface area contributed by atoms with Crippen molar-refractivity contribution in [1.29, 1.82) is 0 Å². The molecule has 0 saturated heterocycles. The van der Waals surface area contributed by atoms with Crippen molar-refractivity contribution in [3.05, 3.63) is 40.1 Å². The lowest BCUT2D eigenvalue weighted by molar-refractivity contribution is 0.906. The van der Waals surface area contributed by atoms with Crippen molar-refractivity contribution in [3.8, 4) is 11.3 Å². The molecule has 1 N–H and O–H groups in total. The highest BCUT2D eigenvalue weighted by Crippen LogP contribution is 2.31. The van der Waals surface area contributed by atoms with Gasteiger partial charge in [0.1, 0.15) is 12.1 Å². The normalized spacial score (nSPS) is 10.5. The summed E-state index contributed by atoms with van der Waals surface area (Å²) in [5, 5.41) is 4.19. The quantitative estimate of drug-likeness (QED) is 0.906. The maximum absolute atomic E-state index is 6.08. The van der Waals surface area contributed by atoms with E-state index in [1.165, 1.54) is 0 Å². The monoisotopic (exact) mass is 295 g/mol. The Hall–Kier alpha value is -1.32. The molecule has 0 saturated carbocycles. The first-order valence-electron chi connectivity index (χ1n) is 6.14. The third kappa shape index (κ3) is 2.99. The molecule has 1 heterocycles. The van der Waals surface area contributed by atoms with Crippen LogP contribution in [0.1, 0.15) is 18.9 Å². The zero-order valence-corrected chi connectivity index (χ0v) is 12.4. The number of halogens is 2. The van der Waals surface area contributed by atoms with Gasteiger partial charge < -0.3 is 5.32 Å². The molecule has 0 aliphatic rings. The van der Waals surface area contributed by atoms with Crippen LogP contribution in [-0.2, 0) is 6.42 Å². The van der Waals surface area contributed by atoms with Gasteiger partial charge in [-0.05, 0) is 18.6 Å². The van der Waals surface area contributed by atoms with E-state index in [1.54, 1.807) is 12.4 Å². The fourth-order valence-electron chi connectivity index (χ4n) is 2.01. The van der Waals surface area contributed by atoms with Crippen LogP contribution in [-0.4, -0.2) is 17.0 Å². The summed E-state index contributed by atoms with van der Waals surface area (Å²) in [4.78, 5) is 8.65. The second kappa shape index (κ2) is 6.22. The molecule has 19 heavy (non-hydrogen) atoms.